The number of ketones is 1. The summed E-state index contributed by atoms with van der Waals surface area (Å²) in [5.74, 6) is -1.94. The summed E-state index contributed by atoms with van der Waals surface area (Å²) in [7, 11) is 0. The van der Waals surface area contributed by atoms with E-state index in [1.165, 1.54) is 21.9 Å². The molecule has 0 spiro atoms. The van der Waals surface area contributed by atoms with E-state index in [-0.39, 0.29) is 11.3 Å². The van der Waals surface area contributed by atoms with Crippen LogP contribution in [0.4, 0.5) is 4.39 Å². The van der Waals surface area contributed by atoms with Crippen LogP contribution in [-0.2, 0) is 9.59 Å². The smallest absolute Gasteiger partial charge is 0.295 e. The van der Waals surface area contributed by atoms with Gasteiger partial charge in [-0.2, -0.15) is 0 Å². The van der Waals surface area contributed by atoms with Crippen molar-refractivity contribution in [3.63, 3.8) is 0 Å². The summed E-state index contributed by atoms with van der Waals surface area (Å²) in [5, 5.41) is 10.9. The lowest BCUT2D eigenvalue weighted by Crippen LogP contribution is -3.11. The molecule has 3 rings (SSSR count). The van der Waals surface area contributed by atoms with Gasteiger partial charge in [-0.15, -0.1) is 0 Å². The quantitative estimate of drug-likeness (QED) is 0.399. The summed E-state index contributed by atoms with van der Waals surface area (Å²) < 4.78 is 13.5. The molecule has 0 saturated carbocycles. The number of likely N-dealkylation sites (tertiary alicyclic amines) is 1. The maximum atomic E-state index is 13.5. The Kier molecular flexibility index (Phi) is 7.00. The fourth-order valence-corrected chi connectivity index (χ4v) is 3.96. The van der Waals surface area contributed by atoms with Gasteiger partial charge in [-0.05, 0) is 31.5 Å². The van der Waals surface area contributed by atoms with Gasteiger partial charge < -0.3 is 14.9 Å². The Bertz CT molecular complexity index is 921. The van der Waals surface area contributed by atoms with Crippen molar-refractivity contribution in [2.75, 3.05) is 26.2 Å². The number of nitrogens with zero attached hydrogens (tertiary/aromatic N) is 1. The molecular weight excluding hydrogens is 383 g/mol. The number of carbonyl (C=O) groups excluding carboxylic acids is 2. The standard InChI is InChI=1S/C24H27FN2O3/c1-3-26(4-2)15-8-16-27-21(17-11-13-19(25)14-12-17)20(23(29)24(27)30)22(28)18-9-6-5-7-10-18/h5-7,9-14,21,28H,3-4,8,15-16H2,1-2H3/p+1/t21-/m0/s1. The van der Waals surface area contributed by atoms with Crippen molar-refractivity contribution in [1.29, 1.82) is 0 Å². The zero-order chi connectivity index (χ0) is 21.7. The molecule has 30 heavy (non-hydrogen) atoms. The third-order valence-electron chi connectivity index (χ3n) is 5.70. The van der Waals surface area contributed by atoms with Gasteiger partial charge in [-0.3, -0.25) is 9.59 Å². The third-order valence-corrected chi connectivity index (χ3v) is 5.70. The number of amides is 1. The summed E-state index contributed by atoms with van der Waals surface area (Å²) in [6, 6.07) is 13.7. The number of quaternary nitrogens is 1. The molecule has 6 heteroatoms. The number of halogens is 1. The van der Waals surface area contributed by atoms with E-state index in [0.717, 1.165) is 26.1 Å². The lowest BCUT2D eigenvalue weighted by molar-refractivity contribution is -0.896. The number of benzene rings is 2. The van der Waals surface area contributed by atoms with Gasteiger partial charge in [0, 0.05) is 18.5 Å². The molecule has 1 heterocycles. The van der Waals surface area contributed by atoms with Gasteiger partial charge in [0.05, 0.1) is 31.2 Å². The van der Waals surface area contributed by atoms with Crippen LogP contribution in [0.1, 0.15) is 37.4 Å². The van der Waals surface area contributed by atoms with E-state index in [4.69, 9.17) is 0 Å². The summed E-state index contributed by atoms with van der Waals surface area (Å²) in [4.78, 5) is 28.7. The van der Waals surface area contributed by atoms with Crippen molar-refractivity contribution < 1.29 is 24.0 Å². The molecule has 2 aromatic rings. The van der Waals surface area contributed by atoms with E-state index in [9.17, 15) is 19.1 Å². The van der Waals surface area contributed by atoms with Crippen LogP contribution in [0.3, 0.4) is 0 Å². The fraction of sp³-hybridized carbons (Fsp3) is 0.333. The summed E-state index contributed by atoms with van der Waals surface area (Å²) >= 11 is 0. The van der Waals surface area contributed by atoms with Crippen molar-refractivity contribution in [3.8, 4) is 0 Å². The van der Waals surface area contributed by atoms with E-state index in [2.05, 4.69) is 13.8 Å². The van der Waals surface area contributed by atoms with Gasteiger partial charge >= 0.3 is 0 Å². The molecule has 5 nitrogen and oxygen atoms in total. The predicted molar refractivity (Wildman–Crippen MR) is 113 cm³/mol. The maximum absolute atomic E-state index is 13.5. The largest absolute Gasteiger partial charge is 0.507 e. The topological polar surface area (TPSA) is 62.0 Å². The SMILES string of the molecule is CC[NH+](CC)CCCN1C(=O)C(=O)C(=C(O)c2ccccc2)[C@@H]1c1ccc(F)cc1. The van der Waals surface area contributed by atoms with Crippen molar-refractivity contribution in [3.05, 3.63) is 77.1 Å². The highest BCUT2D eigenvalue weighted by Gasteiger charge is 2.45. The first-order valence-corrected chi connectivity index (χ1v) is 10.4. The Balaban J connectivity index is 2.00. The first-order valence-electron chi connectivity index (χ1n) is 10.4. The van der Waals surface area contributed by atoms with Crippen LogP contribution < -0.4 is 4.90 Å². The van der Waals surface area contributed by atoms with Crippen molar-refractivity contribution in [2.24, 2.45) is 0 Å². The molecule has 0 unspecified atom stereocenters. The van der Waals surface area contributed by atoms with E-state index in [0.29, 0.717) is 17.7 Å². The second-order valence-corrected chi connectivity index (χ2v) is 7.47. The Morgan fingerprint density at radius 3 is 2.27 bits per heavy atom. The molecule has 1 fully saturated rings. The summed E-state index contributed by atoms with van der Waals surface area (Å²) in [6.45, 7) is 7.48. The molecule has 158 valence electrons. The molecule has 0 radical (unpaired) electrons. The molecule has 0 aromatic heterocycles. The Labute approximate surface area is 176 Å². The lowest BCUT2D eigenvalue weighted by Gasteiger charge is -2.26. The molecule has 1 atom stereocenters. The molecule has 2 aromatic carbocycles. The van der Waals surface area contributed by atoms with Crippen molar-refractivity contribution in [2.45, 2.75) is 26.3 Å². The maximum Gasteiger partial charge on any atom is 0.295 e. The Morgan fingerprint density at radius 2 is 1.67 bits per heavy atom. The number of rotatable bonds is 8. The van der Waals surface area contributed by atoms with E-state index in [1.807, 2.05) is 6.07 Å². The zero-order valence-electron chi connectivity index (χ0n) is 17.4. The Hall–Kier alpha value is -2.99. The minimum absolute atomic E-state index is 0.0491. The molecule has 0 aliphatic carbocycles. The number of nitrogens with one attached hydrogen (secondary N) is 1. The van der Waals surface area contributed by atoms with Crippen LogP contribution >= 0.6 is 0 Å². The number of Topliss-reactive ketones (excluding diaryl/α,β-unsaturated/α-hetero) is 1. The van der Waals surface area contributed by atoms with Gasteiger partial charge in [0.25, 0.3) is 11.7 Å². The van der Waals surface area contributed by atoms with Crippen LogP contribution in [0.2, 0.25) is 0 Å². The predicted octanol–water partition coefficient (Wildman–Crippen LogP) is 2.56. The monoisotopic (exact) mass is 411 g/mol. The normalized spacial score (nSPS) is 18.4. The Morgan fingerprint density at radius 1 is 1.03 bits per heavy atom. The first kappa shape index (κ1) is 21.7. The molecule has 1 saturated heterocycles. The fourth-order valence-electron chi connectivity index (χ4n) is 3.96. The van der Waals surface area contributed by atoms with Crippen LogP contribution in [0.15, 0.2) is 60.2 Å². The van der Waals surface area contributed by atoms with Crippen molar-refractivity contribution >= 4 is 17.4 Å². The van der Waals surface area contributed by atoms with Crippen LogP contribution in [0.25, 0.3) is 5.76 Å². The first-order chi connectivity index (χ1) is 14.5. The van der Waals surface area contributed by atoms with E-state index < -0.39 is 23.5 Å². The molecule has 2 N–H and O–H groups in total. The van der Waals surface area contributed by atoms with Gasteiger partial charge in [-0.1, -0.05) is 42.5 Å². The average molecular weight is 411 g/mol. The minimum atomic E-state index is -0.738. The third kappa shape index (κ3) is 4.44. The summed E-state index contributed by atoms with van der Waals surface area (Å²) in [6.07, 6.45) is 0.729. The molecular formula is C24H28FN2O3+. The van der Waals surface area contributed by atoms with Crippen molar-refractivity contribution in [1.82, 2.24) is 4.90 Å². The van der Waals surface area contributed by atoms with Crippen LogP contribution in [-0.4, -0.2) is 47.9 Å². The van der Waals surface area contributed by atoms with Gasteiger partial charge in [0.15, 0.2) is 0 Å². The number of hydrogen-bond donors (Lipinski definition) is 2. The van der Waals surface area contributed by atoms with Gasteiger partial charge in [0.1, 0.15) is 11.6 Å². The zero-order valence-corrected chi connectivity index (χ0v) is 17.4. The highest BCUT2D eigenvalue weighted by atomic mass is 19.1. The number of aliphatic hydroxyl groups excluding tert-OH is 1. The van der Waals surface area contributed by atoms with E-state index >= 15 is 0 Å². The average Bonchev–Trinajstić information content (AvgIpc) is 3.02. The lowest BCUT2D eigenvalue weighted by atomic mass is 9.95. The number of carbonyl (C=O) groups is 2. The number of hydrogen-bond acceptors (Lipinski definition) is 3. The summed E-state index contributed by atoms with van der Waals surface area (Å²) in [5.41, 5.74) is 1.12. The van der Waals surface area contributed by atoms with Gasteiger partial charge in [-0.25, -0.2) is 4.39 Å². The molecule has 0 bridgehead atoms. The van der Waals surface area contributed by atoms with Gasteiger partial charge in [0.2, 0.25) is 0 Å². The highest BCUT2D eigenvalue weighted by Crippen LogP contribution is 2.39. The molecule has 1 aliphatic rings. The van der Waals surface area contributed by atoms with Crippen LogP contribution in [0, 0.1) is 5.82 Å². The van der Waals surface area contributed by atoms with Crippen LogP contribution in [0.5, 0.6) is 0 Å². The molecule has 1 aliphatic heterocycles. The second-order valence-electron chi connectivity index (χ2n) is 7.47. The van der Waals surface area contributed by atoms with E-state index in [1.54, 1.807) is 36.4 Å². The highest BCUT2D eigenvalue weighted by molar-refractivity contribution is 6.46. The second kappa shape index (κ2) is 9.67. The number of aliphatic hydroxyl groups is 1. The molecule has 1 amide bonds. The minimum Gasteiger partial charge on any atom is -0.507 e.